The Balaban J connectivity index is 1.95. The Bertz CT molecular complexity index is 202. The van der Waals surface area contributed by atoms with Gasteiger partial charge in [0.15, 0.2) is 0 Å². The van der Waals surface area contributed by atoms with Crippen LogP contribution < -0.4 is 0 Å². The van der Waals surface area contributed by atoms with Gasteiger partial charge in [-0.05, 0) is 0 Å². The van der Waals surface area contributed by atoms with Crippen LogP contribution in [0.3, 0.4) is 0 Å². The standard InChI is InChI=1S/C6H12ClN2O2P/c7-1-6-11-12(10,8-2-3-8)9-4-5-9/h1-6H2. The van der Waals surface area contributed by atoms with Gasteiger partial charge in [-0.2, -0.15) is 0 Å². The third kappa shape index (κ3) is 1.68. The third-order valence-corrected chi connectivity index (χ3v) is 4.80. The SMILES string of the molecule is O=P(OCCCl)(N1CC1)N1CC1. The summed E-state index contributed by atoms with van der Waals surface area (Å²) in [5.41, 5.74) is 0. The predicted molar refractivity (Wildman–Crippen MR) is 47.4 cm³/mol. The van der Waals surface area contributed by atoms with Gasteiger partial charge in [0.1, 0.15) is 0 Å². The molecule has 0 atom stereocenters. The Labute approximate surface area is 77.0 Å². The van der Waals surface area contributed by atoms with Crippen LogP contribution in [0.15, 0.2) is 0 Å². The smallest absolute Gasteiger partial charge is 0.305 e. The van der Waals surface area contributed by atoms with E-state index in [0.29, 0.717) is 12.5 Å². The van der Waals surface area contributed by atoms with Crippen LogP contribution in [0.5, 0.6) is 0 Å². The van der Waals surface area contributed by atoms with Gasteiger partial charge in [0.05, 0.1) is 6.61 Å². The van der Waals surface area contributed by atoms with E-state index in [2.05, 4.69) is 0 Å². The van der Waals surface area contributed by atoms with Crippen molar-refractivity contribution in [3.8, 4) is 0 Å². The summed E-state index contributed by atoms with van der Waals surface area (Å²) in [6.45, 7) is 3.98. The molecule has 0 radical (unpaired) electrons. The first kappa shape index (κ1) is 8.97. The Kier molecular flexibility index (Phi) is 2.45. The fourth-order valence-electron chi connectivity index (χ4n) is 1.09. The molecule has 0 aromatic rings. The summed E-state index contributed by atoms with van der Waals surface area (Å²) < 4.78 is 21.1. The minimum Gasteiger partial charge on any atom is -0.305 e. The van der Waals surface area contributed by atoms with Crippen LogP contribution in [-0.2, 0) is 9.09 Å². The average Bonchev–Trinajstić information content (AvgIpc) is 2.92. The van der Waals surface area contributed by atoms with E-state index in [4.69, 9.17) is 16.1 Å². The van der Waals surface area contributed by atoms with E-state index in [1.54, 1.807) is 0 Å². The zero-order valence-corrected chi connectivity index (χ0v) is 8.43. The van der Waals surface area contributed by atoms with Crippen molar-refractivity contribution in [1.29, 1.82) is 0 Å². The molecule has 12 heavy (non-hydrogen) atoms. The highest BCUT2D eigenvalue weighted by atomic mass is 35.5. The Morgan fingerprint density at radius 2 is 1.75 bits per heavy atom. The minimum absolute atomic E-state index is 0.381. The molecule has 70 valence electrons. The Morgan fingerprint density at radius 3 is 2.08 bits per heavy atom. The van der Waals surface area contributed by atoms with Gasteiger partial charge in [0.25, 0.3) is 0 Å². The predicted octanol–water partition coefficient (Wildman–Crippen LogP) is 0.981. The summed E-state index contributed by atoms with van der Waals surface area (Å²) >= 11 is 5.47. The second-order valence-corrected chi connectivity index (χ2v) is 5.67. The van der Waals surface area contributed by atoms with E-state index in [0.717, 1.165) is 26.2 Å². The van der Waals surface area contributed by atoms with Crippen molar-refractivity contribution in [3.05, 3.63) is 0 Å². The topological polar surface area (TPSA) is 32.3 Å². The number of nitrogens with zero attached hydrogens (tertiary/aromatic N) is 2. The first-order valence-electron chi connectivity index (χ1n) is 4.09. The summed E-state index contributed by atoms with van der Waals surface area (Å²) in [5.74, 6) is 0.408. The van der Waals surface area contributed by atoms with Crippen LogP contribution in [0.4, 0.5) is 0 Å². The number of halogens is 1. The molecule has 2 heterocycles. The fourth-order valence-corrected chi connectivity index (χ4v) is 3.48. The normalized spacial score (nSPS) is 24.4. The highest BCUT2D eigenvalue weighted by molar-refractivity contribution is 7.54. The van der Waals surface area contributed by atoms with E-state index >= 15 is 0 Å². The van der Waals surface area contributed by atoms with Gasteiger partial charge in [0.2, 0.25) is 0 Å². The first-order valence-corrected chi connectivity index (χ1v) is 6.15. The second-order valence-electron chi connectivity index (χ2n) is 2.92. The largest absolute Gasteiger partial charge is 0.346 e. The second kappa shape index (κ2) is 3.28. The maximum Gasteiger partial charge on any atom is 0.346 e. The van der Waals surface area contributed by atoms with Crippen LogP contribution in [0.2, 0.25) is 0 Å². The molecule has 0 aromatic carbocycles. The van der Waals surface area contributed by atoms with Crippen LogP contribution in [0.1, 0.15) is 0 Å². The third-order valence-electron chi connectivity index (χ3n) is 1.90. The zero-order valence-electron chi connectivity index (χ0n) is 6.78. The monoisotopic (exact) mass is 210 g/mol. The molecule has 0 amide bonds. The van der Waals surface area contributed by atoms with E-state index in [-0.39, 0.29) is 0 Å². The van der Waals surface area contributed by atoms with E-state index < -0.39 is 7.67 Å². The molecule has 0 saturated carbocycles. The lowest BCUT2D eigenvalue weighted by atomic mass is 10.9. The first-order chi connectivity index (χ1) is 5.77. The Hall–Kier alpha value is 0.400. The molecule has 2 fully saturated rings. The molecule has 0 N–H and O–H groups in total. The highest BCUT2D eigenvalue weighted by Crippen LogP contribution is 2.60. The lowest BCUT2D eigenvalue weighted by molar-refractivity contribution is 0.291. The lowest BCUT2D eigenvalue weighted by Crippen LogP contribution is -2.09. The molecule has 2 saturated heterocycles. The highest BCUT2D eigenvalue weighted by Gasteiger charge is 2.49. The number of hydrogen-bond donors (Lipinski definition) is 0. The van der Waals surface area contributed by atoms with Crippen molar-refractivity contribution in [2.24, 2.45) is 0 Å². The molecule has 0 aliphatic carbocycles. The molecule has 0 bridgehead atoms. The van der Waals surface area contributed by atoms with Crippen LogP contribution in [0.25, 0.3) is 0 Å². The van der Waals surface area contributed by atoms with Crippen LogP contribution >= 0.6 is 19.3 Å². The number of alkyl halides is 1. The van der Waals surface area contributed by atoms with Crippen molar-refractivity contribution < 1.29 is 9.09 Å². The Morgan fingerprint density at radius 1 is 1.25 bits per heavy atom. The van der Waals surface area contributed by atoms with Crippen LogP contribution in [-0.4, -0.2) is 48.0 Å². The van der Waals surface area contributed by atoms with Crippen molar-refractivity contribution in [2.45, 2.75) is 0 Å². The summed E-state index contributed by atoms with van der Waals surface area (Å²) in [6, 6.07) is 0. The zero-order chi connectivity index (χ0) is 8.60. The van der Waals surface area contributed by atoms with Crippen molar-refractivity contribution in [1.82, 2.24) is 9.34 Å². The van der Waals surface area contributed by atoms with Gasteiger partial charge >= 0.3 is 7.67 Å². The molecular weight excluding hydrogens is 199 g/mol. The lowest BCUT2D eigenvalue weighted by Gasteiger charge is -2.18. The molecule has 2 aliphatic heterocycles. The maximum atomic E-state index is 12.1. The summed E-state index contributed by atoms with van der Waals surface area (Å²) in [4.78, 5) is 0. The maximum absolute atomic E-state index is 12.1. The fraction of sp³-hybridized carbons (Fsp3) is 1.00. The summed E-state index contributed by atoms with van der Waals surface area (Å²) in [7, 11) is -2.58. The molecule has 6 heteroatoms. The van der Waals surface area contributed by atoms with Gasteiger partial charge in [-0.25, -0.2) is 9.34 Å². The molecule has 0 spiro atoms. The van der Waals surface area contributed by atoms with Gasteiger partial charge in [0, 0.05) is 32.1 Å². The van der Waals surface area contributed by atoms with Gasteiger partial charge in [-0.1, -0.05) is 0 Å². The van der Waals surface area contributed by atoms with Gasteiger partial charge in [-0.3, -0.25) is 4.57 Å². The number of rotatable bonds is 5. The average molecular weight is 211 g/mol. The molecule has 0 aromatic heterocycles. The van der Waals surface area contributed by atoms with Crippen molar-refractivity contribution >= 4 is 19.3 Å². The molecule has 2 aliphatic rings. The molecular formula is C6H12ClN2O2P. The van der Waals surface area contributed by atoms with E-state index in [9.17, 15) is 4.57 Å². The minimum atomic E-state index is -2.58. The van der Waals surface area contributed by atoms with Crippen molar-refractivity contribution in [2.75, 3.05) is 38.7 Å². The number of hydrogen-bond acceptors (Lipinski definition) is 2. The summed E-state index contributed by atoms with van der Waals surface area (Å²) in [6.07, 6.45) is 0. The van der Waals surface area contributed by atoms with E-state index in [1.807, 2.05) is 9.34 Å². The van der Waals surface area contributed by atoms with E-state index in [1.165, 1.54) is 0 Å². The van der Waals surface area contributed by atoms with Crippen LogP contribution in [0, 0.1) is 0 Å². The van der Waals surface area contributed by atoms with Gasteiger partial charge in [-0.15, -0.1) is 11.6 Å². The quantitative estimate of drug-likeness (QED) is 0.385. The van der Waals surface area contributed by atoms with Gasteiger partial charge < -0.3 is 4.52 Å². The molecule has 2 rings (SSSR count). The van der Waals surface area contributed by atoms with Crippen molar-refractivity contribution in [3.63, 3.8) is 0 Å². The molecule has 4 nitrogen and oxygen atoms in total. The molecule has 0 unspecified atom stereocenters. The summed E-state index contributed by atoms with van der Waals surface area (Å²) in [5, 5.41) is 0.